The summed E-state index contributed by atoms with van der Waals surface area (Å²) < 4.78 is 0. The molecule has 0 heterocycles. The molecule has 1 aromatic rings. The van der Waals surface area contributed by atoms with Crippen LogP contribution in [0, 0.1) is 30.3 Å². The highest BCUT2D eigenvalue weighted by Gasteiger charge is 2.41. The molecule has 108 valence electrons. The maximum absolute atomic E-state index is 11.0. The van der Waals surface area contributed by atoms with Crippen LogP contribution in [0.4, 0.5) is 22.7 Å². The first kappa shape index (κ1) is 15.9. The molecule has 0 saturated heterocycles. The molecule has 0 aliphatic carbocycles. The van der Waals surface area contributed by atoms with Gasteiger partial charge in [0.1, 0.15) is 0 Å². The Hall–Kier alpha value is -2.20. The van der Waals surface area contributed by atoms with E-state index in [0.29, 0.717) is 0 Å². The number of hydrogen-bond donors (Lipinski definition) is 0. The van der Waals surface area contributed by atoms with Crippen LogP contribution in [0.3, 0.4) is 0 Å². The van der Waals surface area contributed by atoms with Gasteiger partial charge in [0.2, 0.25) is 10.0 Å². The number of nitro groups is 3. The van der Waals surface area contributed by atoms with Crippen LogP contribution in [-0.4, -0.2) is 28.9 Å². The van der Waals surface area contributed by atoms with Crippen molar-refractivity contribution in [3.05, 3.63) is 40.4 Å². The van der Waals surface area contributed by atoms with Crippen LogP contribution in [0.15, 0.2) is 0 Å². The third-order valence-corrected chi connectivity index (χ3v) is 2.99. The summed E-state index contributed by atoms with van der Waals surface area (Å²) in [5.74, 6) is 0. The summed E-state index contributed by atoms with van der Waals surface area (Å²) >= 11 is 11.2. The molecule has 0 aromatic heterocycles. The molecule has 0 amide bonds. The molecule has 0 radical (unpaired) electrons. The van der Waals surface area contributed by atoms with E-state index in [1.165, 1.54) is 14.1 Å². The molecule has 0 spiro atoms. The number of halogens is 2. The lowest BCUT2D eigenvalue weighted by Crippen LogP contribution is -2.15. The highest BCUT2D eigenvalue weighted by Crippen LogP contribution is 2.52. The Labute approximate surface area is 120 Å². The maximum Gasteiger partial charge on any atom is 0.325 e. The van der Waals surface area contributed by atoms with Crippen molar-refractivity contribution in [2.45, 2.75) is 0 Å². The molecular formula is C8H6Cl2N4O6. The van der Waals surface area contributed by atoms with Crippen LogP contribution in [0.25, 0.3) is 0 Å². The van der Waals surface area contributed by atoms with Gasteiger partial charge in [-0.1, -0.05) is 23.2 Å². The Morgan fingerprint density at radius 1 is 0.800 bits per heavy atom. The molecule has 0 unspecified atom stereocenters. The van der Waals surface area contributed by atoms with Crippen molar-refractivity contribution >= 4 is 46.0 Å². The molecule has 1 aromatic carbocycles. The van der Waals surface area contributed by atoms with Gasteiger partial charge in [-0.25, -0.2) is 0 Å². The van der Waals surface area contributed by atoms with Crippen molar-refractivity contribution in [2.75, 3.05) is 19.0 Å². The van der Waals surface area contributed by atoms with Gasteiger partial charge >= 0.3 is 17.1 Å². The van der Waals surface area contributed by atoms with E-state index in [1.54, 1.807) is 0 Å². The molecule has 12 heteroatoms. The van der Waals surface area contributed by atoms with Gasteiger partial charge in [-0.2, -0.15) is 0 Å². The summed E-state index contributed by atoms with van der Waals surface area (Å²) in [7, 11) is 2.57. The zero-order valence-electron chi connectivity index (χ0n) is 9.99. The van der Waals surface area contributed by atoms with E-state index in [0.717, 1.165) is 4.90 Å². The molecule has 0 saturated carbocycles. The van der Waals surface area contributed by atoms with Crippen LogP contribution in [-0.2, 0) is 0 Å². The number of nitrogens with zero attached hydrogens (tertiary/aromatic N) is 4. The van der Waals surface area contributed by atoms with Crippen LogP contribution < -0.4 is 4.90 Å². The Morgan fingerprint density at radius 2 is 1.10 bits per heavy atom. The number of benzene rings is 1. The second-order valence-corrected chi connectivity index (χ2v) is 4.44. The first-order chi connectivity index (χ1) is 9.11. The van der Waals surface area contributed by atoms with Crippen molar-refractivity contribution in [3.8, 4) is 0 Å². The normalized spacial score (nSPS) is 10.2. The average Bonchev–Trinajstić information content (AvgIpc) is 2.25. The minimum absolute atomic E-state index is 0.513. The Balaban J connectivity index is 4.07. The van der Waals surface area contributed by atoms with Gasteiger partial charge in [0.15, 0.2) is 5.69 Å². The van der Waals surface area contributed by atoms with E-state index in [1.807, 2.05) is 0 Å². The minimum Gasteiger partial charge on any atom is -0.366 e. The molecule has 0 aliphatic rings. The molecule has 0 fully saturated rings. The zero-order valence-corrected chi connectivity index (χ0v) is 11.5. The second-order valence-electron chi connectivity index (χ2n) is 3.69. The minimum atomic E-state index is -1.11. The number of nitro benzene ring substituents is 3. The zero-order chi connectivity index (χ0) is 15.8. The smallest absolute Gasteiger partial charge is 0.325 e. The third-order valence-electron chi connectivity index (χ3n) is 2.28. The second kappa shape index (κ2) is 5.43. The van der Waals surface area contributed by atoms with Crippen LogP contribution in [0.1, 0.15) is 0 Å². The predicted octanol–water partition coefficient (Wildman–Crippen LogP) is 2.78. The van der Waals surface area contributed by atoms with Crippen molar-refractivity contribution in [3.63, 3.8) is 0 Å². The third kappa shape index (κ3) is 2.42. The van der Waals surface area contributed by atoms with E-state index in [4.69, 9.17) is 23.2 Å². The highest BCUT2D eigenvalue weighted by atomic mass is 35.5. The van der Waals surface area contributed by atoms with Crippen LogP contribution in [0.2, 0.25) is 10.0 Å². The summed E-state index contributed by atoms with van der Waals surface area (Å²) in [5.41, 5.74) is -3.48. The Morgan fingerprint density at radius 3 is 1.30 bits per heavy atom. The summed E-state index contributed by atoms with van der Waals surface area (Å²) in [5, 5.41) is 31.2. The first-order valence-corrected chi connectivity index (χ1v) is 5.52. The fourth-order valence-corrected chi connectivity index (χ4v) is 2.25. The van der Waals surface area contributed by atoms with E-state index >= 15 is 0 Å². The molecule has 0 N–H and O–H groups in total. The molecule has 0 bridgehead atoms. The standard InChI is InChI=1S/C8H6Cl2N4O6/c1-11(2)8-6(13(17)18)3(9)5(12(15)16)4(10)7(8)14(19)20/h1-2H3. The highest BCUT2D eigenvalue weighted by molar-refractivity contribution is 6.42. The lowest BCUT2D eigenvalue weighted by molar-refractivity contribution is -0.401. The Bertz CT molecular complexity index is 591. The molecule has 0 atom stereocenters. The van der Waals surface area contributed by atoms with Crippen LogP contribution >= 0.6 is 23.2 Å². The van der Waals surface area contributed by atoms with E-state index < -0.39 is 47.6 Å². The van der Waals surface area contributed by atoms with Crippen LogP contribution in [0.5, 0.6) is 0 Å². The van der Waals surface area contributed by atoms with Gasteiger partial charge in [0.05, 0.1) is 14.8 Å². The summed E-state index contributed by atoms with van der Waals surface area (Å²) in [6.07, 6.45) is 0. The number of rotatable bonds is 4. The number of anilines is 1. The van der Waals surface area contributed by atoms with E-state index in [9.17, 15) is 30.3 Å². The van der Waals surface area contributed by atoms with E-state index in [2.05, 4.69) is 0 Å². The van der Waals surface area contributed by atoms with Crippen molar-refractivity contribution in [1.82, 2.24) is 0 Å². The molecule has 10 nitrogen and oxygen atoms in total. The molecule has 0 aliphatic heterocycles. The fraction of sp³-hybridized carbons (Fsp3) is 0.250. The quantitative estimate of drug-likeness (QED) is 0.614. The van der Waals surface area contributed by atoms with Crippen molar-refractivity contribution in [1.29, 1.82) is 0 Å². The topological polar surface area (TPSA) is 133 Å². The van der Waals surface area contributed by atoms with Gasteiger partial charge in [-0.05, 0) is 0 Å². The monoisotopic (exact) mass is 324 g/mol. The predicted molar refractivity (Wildman–Crippen MR) is 70.8 cm³/mol. The van der Waals surface area contributed by atoms with Gasteiger partial charge in [0, 0.05) is 14.1 Å². The largest absolute Gasteiger partial charge is 0.366 e. The van der Waals surface area contributed by atoms with Gasteiger partial charge in [0.25, 0.3) is 0 Å². The van der Waals surface area contributed by atoms with Gasteiger partial charge in [-0.15, -0.1) is 0 Å². The maximum atomic E-state index is 11.0. The SMILES string of the molecule is CN(C)c1c([N+](=O)[O-])c(Cl)c([N+](=O)[O-])c(Cl)c1[N+](=O)[O-]. The lowest BCUT2D eigenvalue weighted by atomic mass is 10.2. The average molecular weight is 325 g/mol. The molecule has 20 heavy (non-hydrogen) atoms. The fourth-order valence-electron chi connectivity index (χ4n) is 1.56. The number of hydrogen-bond acceptors (Lipinski definition) is 7. The van der Waals surface area contributed by atoms with E-state index in [-0.39, 0.29) is 0 Å². The first-order valence-electron chi connectivity index (χ1n) is 4.76. The lowest BCUT2D eigenvalue weighted by Gasteiger charge is -2.14. The summed E-state index contributed by atoms with van der Waals surface area (Å²) in [6, 6.07) is 0. The van der Waals surface area contributed by atoms with Crippen molar-refractivity contribution < 1.29 is 14.8 Å². The van der Waals surface area contributed by atoms with Gasteiger partial charge < -0.3 is 4.90 Å². The Kier molecular flexibility index (Phi) is 4.30. The van der Waals surface area contributed by atoms with Gasteiger partial charge in [-0.3, -0.25) is 30.3 Å². The summed E-state index contributed by atoms with van der Waals surface area (Å²) in [6.45, 7) is 0. The molecular weight excluding hydrogens is 319 g/mol. The molecule has 1 rings (SSSR count). The summed E-state index contributed by atoms with van der Waals surface area (Å²) in [4.78, 5) is 30.7. The van der Waals surface area contributed by atoms with Crippen molar-refractivity contribution in [2.24, 2.45) is 0 Å².